The second kappa shape index (κ2) is 7.35. The monoisotopic (exact) mass is 460 g/mol. The molecule has 0 radical (unpaired) electrons. The number of non-ortho nitro benzene ring substituents is 1. The molecular weight excluding hydrogens is 453 g/mol. The molecule has 0 N–H and O–H groups in total. The molecule has 1 heterocycles. The first-order valence-electron chi connectivity index (χ1n) is 7.82. The van der Waals surface area contributed by atoms with Gasteiger partial charge in [-0.3, -0.25) is 20.2 Å². The van der Waals surface area contributed by atoms with Gasteiger partial charge in [0.05, 0.1) is 21.5 Å². The maximum atomic E-state index is 13.1. The molecule has 0 atom stereocenters. The first-order chi connectivity index (χ1) is 14.3. The topological polar surface area (TPSA) is 160 Å². The third-order valence-corrected chi connectivity index (χ3v) is 5.14. The molecule has 3 aromatic rings. The average Bonchev–Trinajstić information content (AvgIpc) is 2.65. The van der Waals surface area contributed by atoms with Crippen LogP contribution in [0.3, 0.4) is 0 Å². The summed E-state index contributed by atoms with van der Waals surface area (Å²) in [5.74, 6) is -0.623. The highest BCUT2D eigenvalue weighted by molar-refractivity contribution is 7.87. The van der Waals surface area contributed by atoms with E-state index in [4.69, 9.17) is 4.18 Å². The van der Waals surface area contributed by atoms with Crippen molar-refractivity contribution in [1.29, 1.82) is 0 Å². The second-order valence-corrected chi connectivity index (χ2v) is 7.35. The normalized spacial score (nSPS) is 12.0. The smallest absolute Gasteiger partial charge is 0.417 e. The highest BCUT2D eigenvalue weighted by Crippen LogP contribution is 2.36. The summed E-state index contributed by atoms with van der Waals surface area (Å²) in [6.45, 7) is 0. The number of hydrogen-bond acceptors (Lipinski definition) is 9. The van der Waals surface area contributed by atoms with Crippen LogP contribution in [0.2, 0.25) is 0 Å². The van der Waals surface area contributed by atoms with Gasteiger partial charge in [0.25, 0.3) is 11.4 Å². The van der Waals surface area contributed by atoms with E-state index in [0.29, 0.717) is 24.3 Å². The zero-order valence-electron chi connectivity index (χ0n) is 14.7. The summed E-state index contributed by atoms with van der Waals surface area (Å²) in [5.41, 5.74) is -5.23. The lowest BCUT2D eigenvalue weighted by Crippen LogP contribution is -2.13. The zero-order valence-corrected chi connectivity index (χ0v) is 15.5. The summed E-state index contributed by atoms with van der Waals surface area (Å²) in [4.78, 5) is 30.1. The number of alkyl halides is 3. The van der Waals surface area contributed by atoms with Gasteiger partial charge in [-0.15, -0.1) is 0 Å². The van der Waals surface area contributed by atoms with E-state index >= 15 is 0 Å². The summed E-state index contributed by atoms with van der Waals surface area (Å²) in [7, 11) is -4.96. The Bertz CT molecular complexity index is 1400. The van der Waals surface area contributed by atoms with Crippen molar-refractivity contribution in [2.75, 3.05) is 0 Å². The van der Waals surface area contributed by atoms with Gasteiger partial charge in [-0.1, -0.05) is 0 Å². The van der Waals surface area contributed by atoms with E-state index < -0.39 is 70.3 Å². The van der Waals surface area contributed by atoms with Crippen LogP contribution in [0, 0.1) is 20.2 Å². The minimum absolute atomic E-state index is 0.222. The van der Waals surface area contributed by atoms with E-state index in [2.05, 4.69) is 4.42 Å². The Labute approximate surface area is 168 Å². The van der Waals surface area contributed by atoms with Crippen LogP contribution in [0.5, 0.6) is 5.75 Å². The van der Waals surface area contributed by atoms with Crippen molar-refractivity contribution in [3.05, 3.63) is 78.7 Å². The van der Waals surface area contributed by atoms with Crippen LogP contribution in [0.1, 0.15) is 5.56 Å². The van der Waals surface area contributed by atoms with Crippen LogP contribution in [0.15, 0.2) is 56.6 Å². The number of nitro groups is 2. The van der Waals surface area contributed by atoms with Crippen molar-refractivity contribution in [3.8, 4) is 5.75 Å². The molecule has 0 aliphatic rings. The molecule has 0 spiro atoms. The molecule has 0 bridgehead atoms. The number of nitrogens with zero attached hydrogens (tertiary/aromatic N) is 2. The first-order valence-corrected chi connectivity index (χ1v) is 9.23. The van der Waals surface area contributed by atoms with Gasteiger partial charge in [0.15, 0.2) is 4.90 Å². The molecule has 0 aliphatic carbocycles. The molecule has 11 nitrogen and oxygen atoms in total. The third-order valence-electron chi connectivity index (χ3n) is 3.85. The molecule has 0 amide bonds. The van der Waals surface area contributed by atoms with Gasteiger partial charge in [-0.2, -0.15) is 21.6 Å². The maximum Gasteiger partial charge on any atom is 0.417 e. The molecule has 31 heavy (non-hydrogen) atoms. The fraction of sp³-hybridized carbons (Fsp3) is 0.0625. The second-order valence-electron chi connectivity index (χ2n) is 5.84. The lowest BCUT2D eigenvalue weighted by molar-refractivity contribution is -0.396. The summed E-state index contributed by atoms with van der Waals surface area (Å²) in [5, 5.41) is 21.4. The number of nitro benzene ring substituents is 2. The Hall–Kier alpha value is -4.01. The van der Waals surface area contributed by atoms with Crippen LogP contribution >= 0.6 is 0 Å². The van der Waals surface area contributed by atoms with Gasteiger partial charge >= 0.3 is 21.9 Å². The van der Waals surface area contributed by atoms with E-state index in [1.54, 1.807) is 0 Å². The fourth-order valence-corrected chi connectivity index (χ4v) is 3.65. The fourth-order valence-electron chi connectivity index (χ4n) is 2.57. The Morgan fingerprint density at radius 1 is 0.968 bits per heavy atom. The van der Waals surface area contributed by atoms with Gasteiger partial charge < -0.3 is 8.60 Å². The summed E-state index contributed by atoms with van der Waals surface area (Å²) in [6.07, 6.45) is -4.90. The first kappa shape index (κ1) is 21.7. The van der Waals surface area contributed by atoms with E-state index in [1.165, 1.54) is 0 Å². The molecule has 1 aromatic heterocycles. The molecule has 3 rings (SSSR count). The minimum atomic E-state index is -4.96. The van der Waals surface area contributed by atoms with Crippen molar-refractivity contribution in [1.82, 2.24) is 0 Å². The Morgan fingerprint density at radius 2 is 1.65 bits per heavy atom. The summed E-state index contributed by atoms with van der Waals surface area (Å²) in [6, 6.07) is 4.18. The SMILES string of the molecule is O=c1cc(C(F)(F)F)c2ccc(OS(=O)(=O)c3ccc([N+](=O)[O-])cc3[N+](=O)[O-])cc2o1. The Kier molecular flexibility index (Phi) is 5.14. The van der Waals surface area contributed by atoms with Crippen molar-refractivity contribution in [2.24, 2.45) is 0 Å². The van der Waals surface area contributed by atoms with Crippen LogP contribution in [-0.2, 0) is 16.3 Å². The van der Waals surface area contributed by atoms with Gasteiger partial charge in [0.1, 0.15) is 11.3 Å². The molecular formula is C16H7F3N2O9S. The molecule has 0 saturated carbocycles. The standard InChI is InChI=1S/C16H7F3N2O9S/c17-16(18,19)11-7-15(22)29-13-6-9(2-3-10(11)13)30-31(27,28)14-4-1-8(20(23)24)5-12(14)21(25)26/h1-7H. The van der Waals surface area contributed by atoms with E-state index in [9.17, 15) is 46.6 Å². The number of hydrogen-bond donors (Lipinski definition) is 0. The van der Waals surface area contributed by atoms with Crippen LogP contribution in [0.25, 0.3) is 11.0 Å². The van der Waals surface area contributed by atoms with Crippen LogP contribution in [0.4, 0.5) is 24.5 Å². The van der Waals surface area contributed by atoms with Gasteiger partial charge in [-0.25, -0.2) is 4.79 Å². The van der Waals surface area contributed by atoms with E-state index in [1.807, 2.05) is 0 Å². The lowest BCUT2D eigenvalue weighted by Gasteiger charge is -2.11. The van der Waals surface area contributed by atoms with E-state index in [-0.39, 0.29) is 6.07 Å². The maximum absolute atomic E-state index is 13.1. The Balaban J connectivity index is 2.09. The predicted octanol–water partition coefficient (Wildman–Crippen LogP) is 3.40. The van der Waals surface area contributed by atoms with Crippen molar-refractivity contribution < 1.29 is 40.0 Å². The van der Waals surface area contributed by atoms with Gasteiger partial charge in [0, 0.05) is 23.6 Å². The summed E-state index contributed by atoms with van der Waals surface area (Å²) < 4.78 is 73.5. The lowest BCUT2D eigenvalue weighted by atomic mass is 10.1. The molecule has 0 fully saturated rings. The van der Waals surface area contributed by atoms with E-state index in [0.717, 1.165) is 12.1 Å². The number of benzene rings is 2. The molecule has 0 saturated heterocycles. The molecule has 15 heteroatoms. The highest BCUT2D eigenvalue weighted by Gasteiger charge is 2.34. The number of rotatable bonds is 5. The zero-order chi connectivity index (χ0) is 23.1. The molecule has 2 aromatic carbocycles. The van der Waals surface area contributed by atoms with Crippen molar-refractivity contribution in [2.45, 2.75) is 11.1 Å². The highest BCUT2D eigenvalue weighted by atomic mass is 32.2. The van der Waals surface area contributed by atoms with Gasteiger partial charge in [0.2, 0.25) is 0 Å². The molecule has 162 valence electrons. The van der Waals surface area contributed by atoms with Crippen LogP contribution in [-0.4, -0.2) is 18.3 Å². The van der Waals surface area contributed by atoms with Gasteiger partial charge in [-0.05, 0) is 18.2 Å². The quantitative estimate of drug-likeness (QED) is 0.241. The van der Waals surface area contributed by atoms with Crippen molar-refractivity contribution in [3.63, 3.8) is 0 Å². The molecule has 0 aliphatic heterocycles. The minimum Gasteiger partial charge on any atom is -0.423 e. The van der Waals surface area contributed by atoms with Crippen molar-refractivity contribution >= 4 is 32.5 Å². The predicted molar refractivity (Wildman–Crippen MR) is 95.1 cm³/mol. The average molecular weight is 460 g/mol. The largest absolute Gasteiger partial charge is 0.423 e. The third kappa shape index (κ3) is 4.30. The number of fused-ring (bicyclic) bond motifs is 1. The molecule has 0 unspecified atom stereocenters. The summed E-state index contributed by atoms with van der Waals surface area (Å²) >= 11 is 0. The Morgan fingerprint density at radius 3 is 2.23 bits per heavy atom. The van der Waals surface area contributed by atoms with Crippen LogP contribution < -0.4 is 9.81 Å². The number of halogens is 3.